The minimum Gasteiger partial charge on any atom is -0.455 e. The molecule has 9 aromatic carbocycles. The van der Waals surface area contributed by atoms with Gasteiger partial charge in [0.1, 0.15) is 11.2 Å². The molecule has 1 heteroatoms. The Kier molecular flexibility index (Phi) is 5.38. The molecule has 10 aromatic rings. The number of benzene rings is 9. The van der Waals surface area contributed by atoms with Crippen LogP contribution in [0.25, 0.3) is 98.8 Å². The van der Waals surface area contributed by atoms with Crippen molar-refractivity contribution < 1.29 is 9.90 Å². The average Bonchev–Trinajstić information content (AvgIpc) is 3.58. The van der Waals surface area contributed by atoms with Crippen molar-refractivity contribution in [1.29, 1.82) is 0 Å². The van der Waals surface area contributed by atoms with Gasteiger partial charge in [-0.25, -0.2) is 0 Å². The fraction of sp³-hybridized carbons (Fsp3) is 0. The molecule has 0 bridgehead atoms. The van der Waals surface area contributed by atoms with E-state index in [0.29, 0.717) is 22.3 Å². The van der Waals surface area contributed by atoms with E-state index in [9.17, 15) is 2.74 Å². The SMILES string of the molecule is [2H]c1c([2H])c(-c2ccc3c(c2)oc2c(-c4cccc5ccccc45)cccc23)c([2H])c(-c2c3ccccc3c(-c3ccccc3)c3ccccc23)c1[2H]. The molecule has 49 heavy (non-hydrogen) atoms. The van der Waals surface area contributed by atoms with E-state index in [1.54, 1.807) is 0 Å². The van der Waals surface area contributed by atoms with Crippen LogP contribution in [0.3, 0.4) is 0 Å². The molecule has 0 radical (unpaired) electrons. The lowest BCUT2D eigenvalue weighted by atomic mass is 9.85. The van der Waals surface area contributed by atoms with E-state index in [-0.39, 0.29) is 24.2 Å². The number of rotatable bonds is 4. The summed E-state index contributed by atoms with van der Waals surface area (Å²) in [5.74, 6) is 0. The summed E-state index contributed by atoms with van der Waals surface area (Å²) in [7, 11) is 0. The van der Waals surface area contributed by atoms with Gasteiger partial charge in [0, 0.05) is 16.3 Å². The van der Waals surface area contributed by atoms with Crippen LogP contribution >= 0.6 is 0 Å². The molecular weight excluding hydrogens is 593 g/mol. The van der Waals surface area contributed by atoms with E-state index < -0.39 is 0 Å². The van der Waals surface area contributed by atoms with Crippen LogP contribution in [0.4, 0.5) is 0 Å². The molecule has 0 aliphatic rings. The van der Waals surface area contributed by atoms with E-state index in [4.69, 9.17) is 7.16 Å². The molecule has 0 N–H and O–H groups in total. The first-order valence-electron chi connectivity index (χ1n) is 18.5. The second-order valence-electron chi connectivity index (χ2n) is 12.5. The third kappa shape index (κ3) is 4.40. The normalized spacial score (nSPS) is 12.8. The molecule has 0 amide bonds. The Labute approximate surface area is 289 Å². The molecule has 1 heterocycles. The third-order valence-corrected chi connectivity index (χ3v) is 9.74. The quantitative estimate of drug-likeness (QED) is 0.177. The largest absolute Gasteiger partial charge is 0.455 e. The van der Waals surface area contributed by atoms with E-state index in [0.717, 1.165) is 76.5 Å². The monoisotopic (exact) mass is 626 g/mol. The molecule has 228 valence electrons. The Morgan fingerprint density at radius 2 is 0.959 bits per heavy atom. The Balaban J connectivity index is 1.22. The minimum absolute atomic E-state index is 0.0469. The molecule has 10 rings (SSSR count). The molecule has 0 fully saturated rings. The summed E-state index contributed by atoms with van der Waals surface area (Å²) in [5, 5.41) is 7.99. The molecule has 0 aliphatic heterocycles. The van der Waals surface area contributed by atoms with Crippen LogP contribution in [0.1, 0.15) is 5.48 Å². The zero-order chi connectivity index (χ0) is 35.8. The highest BCUT2D eigenvalue weighted by Crippen LogP contribution is 2.45. The number of hydrogen-bond acceptors (Lipinski definition) is 1. The molecule has 0 saturated heterocycles. The third-order valence-electron chi connectivity index (χ3n) is 9.74. The molecular formula is C48H30O. The zero-order valence-electron chi connectivity index (χ0n) is 30.4. The maximum Gasteiger partial charge on any atom is 0.143 e. The summed E-state index contributed by atoms with van der Waals surface area (Å²) in [6, 6.07) is 52.7. The van der Waals surface area contributed by atoms with E-state index >= 15 is 0 Å². The van der Waals surface area contributed by atoms with Crippen LogP contribution in [0.2, 0.25) is 0 Å². The van der Waals surface area contributed by atoms with Crippen molar-refractivity contribution in [2.45, 2.75) is 0 Å². The van der Waals surface area contributed by atoms with Crippen LogP contribution in [0.15, 0.2) is 186 Å². The van der Waals surface area contributed by atoms with Gasteiger partial charge in [0.15, 0.2) is 0 Å². The first-order chi connectivity index (χ1) is 26.0. The Morgan fingerprint density at radius 3 is 1.71 bits per heavy atom. The van der Waals surface area contributed by atoms with Crippen LogP contribution in [-0.2, 0) is 0 Å². The first kappa shape index (κ1) is 23.8. The van der Waals surface area contributed by atoms with Crippen LogP contribution in [0.5, 0.6) is 0 Å². The number of furan rings is 1. The highest BCUT2D eigenvalue weighted by Gasteiger charge is 2.18. The lowest BCUT2D eigenvalue weighted by Crippen LogP contribution is -1.91. The second-order valence-corrected chi connectivity index (χ2v) is 12.5. The lowest BCUT2D eigenvalue weighted by molar-refractivity contribution is 0.670. The molecule has 1 aromatic heterocycles. The molecule has 0 spiro atoms. The van der Waals surface area contributed by atoms with E-state index in [1.165, 1.54) is 0 Å². The van der Waals surface area contributed by atoms with Gasteiger partial charge in [-0.2, -0.15) is 0 Å². The summed E-state index contributed by atoms with van der Waals surface area (Å²) in [6.45, 7) is 0. The van der Waals surface area contributed by atoms with Gasteiger partial charge < -0.3 is 4.42 Å². The van der Waals surface area contributed by atoms with Gasteiger partial charge in [0.2, 0.25) is 0 Å². The first-order valence-corrected chi connectivity index (χ1v) is 16.5. The Morgan fingerprint density at radius 1 is 0.388 bits per heavy atom. The lowest BCUT2D eigenvalue weighted by Gasteiger charge is -2.18. The number of fused-ring (bicyclic) bond motifs is 6. The second kappa shape index (κ2) is 11.1. The van der Waals surface area contributed by atoms with Crippen molar-refractivity contribution in [3.8, 4) is 44.5 Å². The van der Waals surface area contributed by atoms with Gasteiger partial charge >= 0.3 is 0 Å². The van der Waals surface area contributed by atoms with Crippen LogP contribution in [-0.4, -0.2) is 0 Å². The highest BCUT2D eigenvalue weighted by molar-refractivity contribution is 6.21. The topological polar surface area (TPSA) is 13.1 Å². The van der Waals surface area contributed by atoms with Crippen molar-refractivity contribution >= 4 is 54.3 Å². The van der Waals surface area contributed by atoms with Gasteiger partial charge in [0.05, 0.1) is 5.48 Å². The molecule has 1 nitrogen and oxygen atoms in total. The van der Waals surface area contributed by atoms with Crippen molar-refractivity contribution in [2.75, 3.05) is 0 Å². The van der Waals surface area contributed by atoms with Crippen molar-refractivity contribution in [1.82, 2.24) is 0 Å². The smallest absolute Gasteiger partial charge is 0.143 e. The molecule has 0 unspecified atom stereocenters. The van der Waals surface area contributed by atoms with Gasteiger partial charge in [-0.15, -0.1) is 0 Å². The summed E-state index contributed by atoms with van der Waals surface area (Å²) in [4.78, 5) is 0. The van der Waals surface area contributed by atoms with Gasteiger partial charge in [-0.1, -0.05) is 164 Å². The number of para-hydroxylation sites is 1. The fourth-order valence-corrected chi connectivity index (χ4v) is 7.55. The average molecular weight is 627 g/mol. The van der Waals surface area contributed by atoms with Gasteiger partial charge in [-0.3, -0.25) is 0 Å². The van der Waals surface area contributed by atoms with Crippen molar-refractivity contribution in [3.63, 3.8) is 0 Å². The predicted octanol–water partition coefficient (Wildman–Crippen LogP) is 13.7. The maximum atomic E-state index is 9.75. The van der Waals surface area contributed by atoms with E-state index in [1.807, 2.05) is 84.9 Å². The van der Waals surface area contributed by atoms with Crippen LogP contribution in [0, 0.1) is 0 Å². The minimum atomic E-state index is -0.214. The van der Waals surface area contributed by atoms with Crippen molar-refractivity contribution in [2.24, 2.45) is 0 Å². The zero-order valence-corrected chi connectivity index (χ0v) is 26.4. The summed E-state index contributed by atoms with van der Waals surface area (Å²) >= 11 is 0. The van der Waals surface area contributed by atoms with E-state index in [2.05, 4.69) is 72.8 Å². The molecule has 0 saturated carbocycles. The summed E-state index contributed by atoms with van der Waals surface area (Å²) < 4.78 is 43.9. The predicted molar refractivity (Wildman–Crippen MR) is 208 cm³/mol. The summed E-state index contributed by atoms with van der Waals surface area (Å²) in [6.07, 6.45) is 0. The fourth-order valence-electron chi connectivity index (χ4n) is 7.55. The Bertz CT molecular complexity index is 3040. The highest BCUT2D eigenvalue weighted by atomic mass is 16.3. The molecule has 0 aliphatic carbocycles. The number of hydrogen-bond donors (Lipinski definition) is 0. The maximum absolute atomic E-state index is 9.75. The Hall–Kier alpha value is -6.44. The van der Waals surface area contributed by atoms with Gasteiger partial charge in [-0.05, 0) is 89.4 Å². The van der Waals surface area contributed by atoms with Gasteiger partial charge in [0.25, 0.3) is 0 Å². The van der Waals surface area contributed by atoms with Crippen LogP contribution < -0.4 is 0 Å². The standard InChI is InChI=1S/C48H30O/c1-2-14-32(15-3-1)46-39-20-6-8-22-41(39)47(42-23-9-7-21-40(42)46)35-18-10-17-33(29-35)34-27-28-38-44-26-12-25-43(48(44)49-45(38)30-34)37-24-11-16-31-13-4-5-19-36(31)37/h1-30H/i10D,17D,18D,29D. The summed E-state index contributed by atoms with van der Waals surface area (Å²) in [5.41, 5.74) is 7.62. The molecule has 0 atom stereocenters. The van der Waals surface area contributed by atoms with Crippen molar-refractivity contribution in [3.05, 3.63) is 182 Å².